The van der Waals surface area contributed by atoms with E-state index in [9.17, 15) is 4.79 Å². The van der Waals surface area contributed by atoms with Gasteiger partial charge in [-0.15, -0.1) is 0 Å². The molecular formula is C15H28N2O. The van der Waals surface area contributed by atoms with E-state index in [2.05, 4.69) is 31.0 Å². The van der Waals surface area contributed by atoms with Gasteiger partial charge in [-0.2, -0.15) is 0 Å². The van der Waals surface area contributed by atoms with Crippen LogP contribution in [0, 0.1) is 11.8 Å². The maximum atomic E-state index is 12.4. The summed E-state index contributed by atoms with van der Waals surface area (Å²) in [5.74, 6) is 1.84. The van der Waals surface area contributed by atoms with E-state index in [-0.39, 0.29) is 6.04 Å². The summed E-state index contributed by atoms with van der Waals surface area (Å²) in [6.45, 7) is 7.43. The van der Waals surface area contributed by atoms with Crippen molar-refractivity contribution in [3.63, 3.8) is 0 Å². The molecule has 1 atom stereocenters. The molecule has 1 heterocycles. The molecule has 2 rings (SSSR count). The Bertz CT molecular complexity index is 282. The van der Waals surface area contributed by atoms with Crippen molar-refractivity contribution in [1.29, 1.82) is 0 Å². The third-order valence-corrected chi connectivity index (χ3v) is 4.63. The number of hydrogen-bond donors (Lipinski definition) is 1. The van der Waals surface area contributed by atoms with Crippen LogP contribution in [0.3, 0.4) is 0 Å². The third kappa shape index (κ3) is 3.05. The largest absolute Gasteiger partial charge is 0.326 e. The smallest absolute Gasteiger partial charge is 0.241 e. The summed E-state index contributed by atoms with van der Waals surface area (Å²) in [5.41, 5.74) is 0. The second-order valence-electron chi connectivity index (χ2n) is 6.44. The molecule has 1 unspecified atom stereocenters. The first-order valence-corrected chi connectivity index (χ1v) is 7.65. The van der Waals surface area contributed by atoms with E-state index < -0.39 is 0 Å². The van der Waals surface area contributed by atoms with Crippen molar-refractivity contribution in [2.45, 2.75) is 71.4 Å². The van der Waals surface area contributed by atoms with Gasteiger partial charge in [-0.25, -0.2) is 0 Å². The van der Waals surface area contributed by atoms with Crippen molar-refractivity contribution in [2.24, 2.45) is 11.8 Å². The Hall–Kier alpha value is -0.570. The molecule has 0 aromatic rings. The summed E-state index contributed by atoms with van der Waals surface area (Å²) >= 11 is 0. The normalized spacial score (nSPS) is 33.4. The summed E-state index contributed by atoms with van der Waals surface area (Å²) in [6, 6.07) is 0.582. The molecule has 0 bridgehead atoms. The Morgan fingerprint density at radius 3 is 2.50 bits per heavy atom. The van der Waals surface area contributed by atoms with Gasteiger partial charge >= 0.3 is 0 Å². The molecule has 2 aliphatic rings. The summed E-state index contributed by atoms with van der Waals surface area (Å²) in [5, 5.41) is 3.39. The predicted octanol–water partition coefficient (Wildman–Crippen LogP) is 2.76. The van der Waals surface area contributed by atoms with Crippen LogP contribution in [0.5, 0.6) is 0 Å². The molecule has 18 heavy (non-hydrogen) atoms. The summed E-state index contributed by atoms with van der Waals surface area (Å²) in [4.78, 5) is 14.5. The van der Waals surface area contributed by atoms with Crippen LogP contribution in [0.1, 0.15) is 59.3 Å². The van der Waals surface area contributed by atoms with Gasteiger partial charge in [0, 0.05) is 6.04 Å². The fourth-order valence-corrected chi connectivity index (χ4v) is 3.40. The molecule has 1 aliphatic carbocycles. The number of nitrogens with one attached hydrogen (secondary N) is 1. The second-order valence-corrected chi connectivity index (χ2v) is 6.44. The zero-order chi connectivity index (χ0) is 13.1. The van der Waals surface area contributed by atoms with Gasteiger partial charge in [0.05, 0.1) is 12.7 Å². The van der Waals surface area contributed by atoms with Crippen LogP contribution in [-0.2, 0) is 4.79 Å². The van der Waals surface area contributed by atoms with Crippen molar-refractivity contribution in [3.05, 3.63) is 0 Å². The van der Waals surface area contributed by atoms with Crippen LogP contribution >= 0.6 is 0 Å². The van der Waals surface area contributed by atoms with Crippen molar-refractivity contribution >= 4 is 5.91 Å². The molecule has 1 saturated carbocycles. The number of amides is 1. The van der Waals surface area contributed by atoms with Gasteiger partial charge in [-0.3, -0.25) is 10.1 Å². The highest BCUT2D eigenvalue weighted by Gasteiger charge is 2.36. The van der Waals surface area contributed by atoms with E-state index in [0.717, 1.165) is 19.0 Å². The van der Waals surface area contributed by atoms with Crippen molar-refractivity contribution < 1.29 is 4.79 Å². The molecule has 1 saturated heterocycles. The zero-order valence-electron chi connectivity index (χ0n) is 12.1. The van der Waals surface area contributed by atoms with Gasteiger partial charge in [0.15, 0.2) is 0 Å². The molecule has 1 N–H and O–H groups in total. The number of carbonyl (C=O) groups is 1. The van der Waals surface area contributed by atoms with Gasteiger partial charge in [0.2, 0.25) is 5.91 Å². The summed E-state index contributed by atoms with van der Waals surface area (Å²) in [7, 11) is 0. The Morgan fingerprint density at radius 2 is 1.94 bits per heavy atom. The fraction of sp³-hybridized carbons (Fsp3) is 0.933. The van der Waals surface area contributed by atoms with Crippen LogP contribution in [0.4, 0.5) is 0 Å². The average Bonchev–Trinajstić information content (AvgIpc) is 2.71. The maximum Gasteiger partial charge on any atom is 0.241 e. The average molecular weight is 252 g/mol. The standard InChI is InChI=1S/C15H28N2O/c1-4-12-5-7-13(8-6-12)17-10-16-14(15(17)18)9-11(2)3/h11-14,16H,4-10H2,1-3H3. The highest BCUT2D eigenvalue weighted by atomic mass is 16.2. The lowest BCUT2D eigenvalue weighted by molar-refractivity contribution is -0.131. The van der Waals surface area contributed by atoms with Crippen molar-refractivity contribution in [3.8, 4) is 0 Å². The number of rotatable bonds is 4. The molecule has 1 aliphatic heterocycles. The number of carbonyl (C=O) groups excluding carboxylic acids is 1. The van der Waals surface area contributed by atoms with Gasteiger partial charge in [0.25, 0.3) is 0 Å². The van der Waals surface area contributed by atoms with Crippen molar-refractivity contribution in [1.82, 2.24) is 10.2 Å². The first-order valence-electron chi connectivity index (χ1n) is 7.65. The molecule has 3 nitrogen and oxygen atoms in total. The molecule has 0 aromatic carbocycles. The van der Waals surface area contributed by atoms with E-state index in [1.807, 2.05) is 0 Å². The van der Waals surface area contributed by atoms with Gasteiger partial charge in [-0.05, 0) is 43.9 Å². The molecule has 2 fully saturated rings. The zero-order valence-corrected chi connectivity index (χ0v) is 12.1. The number of hydrogen-bond acceptors (Lipinski definition) is 2. The van der Waals surface area contributed by atoms with Crippen LogP contribution in [0.2, 0.25) is 0 Å². The Labute approximate surface area is 111 Å². The molecular weight excluding hydrogens is 224 g/mol. The first kappa shape index (κ1) is 13.9. The molecule has 0 radical (unpaired) electrons. The lowest BCUT2D eigenvalue weighted by atomic mass is 9.84. The Balaban J connectivity index is 1.86. The van der Waals surface area contributed by atoms with E-state index >= 15 is 0 Å². The molecule has 0 aromatic heterocycles. The van der Waals surface area contributed by atoms with Gasteiger partial charge < -0.3 is 4.90 Å². The minimum absolute atomic E-state index is 0.0777. The third-order valence-electron chi connectivity index (χ3n) is 4.63. The lowest BCUT2D eigenvalue weighted by Gasteiger charge is -2.34. The summed E-state index contributed by atoms with van der Waals surface area (Å²) in [6.07, 6.45) is 7.30. The fourth-order valence-electron chi connectivity index (χ4n) is 3.40. The minimum Gasteiger partial charge on any atom is -0.326 e. The molecule has 3 heteroatoms. The van der Waals surface area contributed by atoms with Crippen LogP contribution in [0.25, 0.3) is 0 Å². The van der Waals surface area contributed by atoms with Gasteiger partial charge in [0.1, 0.15) is 0 Å². The van der Waals surface area contributed by atoms with Gasteiger partial charge in [-0.1, -0.05) is 27.2 Å². The van der Waals surface area contributed by atoms with Crippen molar-refractivity contribution in [2.75, 3.05) is 6.67 Å². The van der Waals surface area contributed by atoms with E-state index in [1.165, 1.54) is 32.1 Å². The van der Waals surface area contributed by atoms with Crippen LogP contribution in [0.15, 0.2) is 0 Å². The van der Waals surface area contributed by atoms with E-state index in [4.69, 9.17) is 0 Å². The highest BCUT2D eigenvalue weighted by Crippen LogP contribution is 2.30. The Kier molecular flexibility index (Phi) is 4.66. The minimum atomic E-state index is 0.0777. The monoisotopic (exact) mass is 252 g/mol. The Morgan fingerprint density at radius 1 is 1.28 bits per heavy atom. The quantitative estimate of drug-likeness (QED) is 0.834. The van der Waals surface area contributed by atoms with Crippen LogP contribution < -0.4 is 5.32 Å². The SMILES string of the molecule is CCC1CCC(N2CNC(CC(C)C)C2=O)CC1. The van der Waals surface area contributed by atoms with Crippen LogP contribution in [-0.4, -0.2) is 29.6 Å². The lowest BCUT2D eigenvalue weighted by Crippen LogP contribution is -2.41. The molecule has 1 amide bonds. The van der Waals surface area contributed by atoms with E-state index in [0.29, 0.717) is 17.9 Å². The molecule has 104 valence electrons. The topological polar surface area (TPSA) is 32.3 Å². The second kappa shape index (κ2) is 6.05. The summed E-state index contributed by atoms with van der Waals surface area (Å²) < 4.78 is 0. The first-order chi connectivity index (χ1) is 8.61. The highest BCUT2D eigenvalue weighted by molar-refractivity contribution is 5.84. The molecule has 0 spiro atoms. The number of nitrogens with zero attached hydrogens (tertiary/aromatic N) is 1. The predicted molar refractivity (Wildman–Crippen MR) is 74.1 cm³/mol. The maximum absolute atomic E-state index is 12.4. The van der Waals surface area contributed by atoms with E-state index in [1.54, 1.807) is 0 Å².